The minimum Gasteiger partial charge on any atom is -0.330 e. The summed E-state index contributed by atoms with van der Waals surface area (Å²) < 4.78 is 0. The number of hydrogen-bond donors (Lipinski definition) is 1. The van der Waals surface area contributed by atoms with Crippen LogP contribution in [0.5, 0.6) is 0 Å². The van der Waals surface area contributed by atoms with Gasteiger partial charge in [0.2, 0.25) is 0 Å². The van der Waals surface area contributed by atoms with E-state index in [2.05, 4.69) is 0 Å². The summed E-state index contributed by atoms with van der Waals surface area (Å²) in [6.07, 6.45) is 0.853. The quantitative estimate of drug-likeness (QED) is 0.826. The number of benzene rings is 1. The second-order valence-corrected chi connectivity index (χ2v) is 4.06. The van der Waals surface area contributed by atoms with Crippen molar-refractivity contribution in [2.24, 2.45) is 5.73 Å². The second-order valence-electron chi connectivity index (χ2n) is 4.06. The van der Waals surface area contributed by atoms with Gasteiger partial charge >= 0.3 is 6.03 Å². The van der Waals surface area contributed by atoms with Crippen LogP contribution < -0.4 is 10.6 Å². The number of amides is 2. The van der Waals surface area contributed by atoms with Gasteiger partial charge in [0.15, 0.2) is 0 Å². The molecule has 1 aromatic rings. The lowest BCUT2D eigenvalue weighted by molar-refractivity contribution is 0.229. The van der Waals surface area contributed by atoms with E-state index in [-0.39, 0.29) is 6.03 Å². The minimum absolute atomic E-state index is 0.0740. The van der Waals surface area contributed by atoms with Gasteiger partial charge in [0.05, 0.1) is 0 Å². The molecule has 2 amide bonds. The highest BCUT2D eigenvalue weighted by atomic mass is 16.2. The molecule has 0 unspecified atom stereocenters. The summed E-state index contributed by atoms with van der Waals surface area (Å²) in [5, 5.41) is 0. The van der Waals surface area contributed by atoms with E-state index in [0.717, 1.165) is 25.2 Å². The van der Waals surface area contributed by atoms with Crippen molar-refractivity contribution in [3.05, 3.63) is 29.8 Å². The smallest absolute Gasteiger partial charge is 0.324 e. The molecule has 2 N–H and O–H groups in total. The van der Waals surface area contributed by atoms with Crippen LogP contribution >= 0.6 is 0 Å². The van der Waals surface area contributed by atoms with Crippen LogP contribution in [0.4, 0.5) is 10.5 Å². The van der Waals surface area contributed by atoms with Crippen molar-refractivity contribution in [2.45, 2.75) is 6.42 Å². The molecule has 4 nitrogen and oxygen atoms in total. The number of nitrogens with two attached hydrogens (primary N) is 1. The normalized spacial score (nSPS) is 16.0. The Labute approximate surface area is 95.6 Å². The SMILES string of the molecule is CN1CCN(c2cccc(CCN)c2)C1=O. The van der Waals surface area contributed by atoms with Crippen LogP contribution in [0, 0.1) is 0 Å². The maximum atomic E-state index is 11.8. The molecule has 0 spiro atoms. The number of rotatable bonds is 3. The van der Waals surface area contributed by atoms with E-state index in [1.54, 1.807) is 9.80 Å². The third-order valence-electron chi connectivity index (χ3n) is 2.87. The molecule has 1 heterocycles. The van der Waals surface area contributed by atoms with Crippen molar-refractivity contribution in [3.8, 4) is 0 Å². The molecule has 86 valence electrons. The third-order valence-corrected chi connectivity index (χ3v) is 2.87. The molecule has 0 aliphatic carbocycles. The fourth-order valence-electron chi connectivity index (χ4n) is 1.93. The van der Waals surface area contributed by atoms with Crippen molar-refractivity contribution in [1.29, 1.82) is 0 Å². The fraction of sp³-hybridized carbons (Fsp3) is 0.417. The van der Waals surface area contributed by atoms with Crippen LogP contribution in [0.2, 0.25) is 0 Å². The van der Waals surface area contributed by atoms with Crippen molar-refractivity contribution in [3.63, 3.8) is 0 Å². The highest BCUT2D eigenvalue weighted by Gasteiger charge is 2.26. The maximum Gasteiger partial charge on any atom is 0.324 e. The molecule has 2 rings (SSSR count). The van der Waals surface area contributed by atoms with Crippen molar-refractivity contribution < 1.29 is 4.79 Å². The van der Waals surface area contributed by atoms with Gasteiger partial charge in [-0.2, -0.15) is 0 Å². The molecule has 4 heteroatoms. The predicted octanol–water partition coefficient (Wildman–Crippen LogP) is 1.06. The molecule has 0 saturated carbocycles. The first kappa shape index (κ1) is 11.0. The van der Waals surface area contributed by atoms with Gasteiger partial charge in [-0.15, -0.1) is 0 Å². The molecule has 0 radical (unpaired) electrons. The first-order valence-corrected chi connectivity index (χ1v) is 5.54. The van der Waals surface area contributed by atoms with Crippen LogP contribution in [-0.4, -0.2) is 37.6 Å². The molecular weight excluding hydrogens is 202 g/mol. The minimum atomic E-state index is 0.0740. The van der Waals surface area contributed by atoms with Gasteiger partial charge in [0.1, 0.15) is 0 Å². The topological polar surface area (TPSA) is 49.6 Å². The standard InChI is InChI=1S/C12H17N3O/c1-14-7-8-15(12(14)16)11-4-2-3-10(9-11)5-6-13/h2-4,9H,5-8,13H2,1H3. The molecule has 1 aromatic carbocycles. The predicted molar refractivity (Wildman–Crippen MR) is 64.6 cm³/mol. The Morgan fingerprint density at radius 1 is 1.38 bits per heavy atom. The highest BCUT2D eigenvalue weighted by Crippen LogP contribution is 2.20. The Morgan fingerprint density at radius 3 is 2.81 bits per heavy atom. The summed E-state index contributed by atoms with van der Waals surface area (Å²) in [6, 6.07) is 8.11. The Balaban J connectivity index is 2.20. The fourth-order valence-corrected chi connectivity index (χ4v) is 1.93. The Morgan fingerprint density at radius 2 is 2.19 bits per heavy atom. The van der Waals surface area contributed by atoms with E-state index >= 15 is 0 Å². The monoisotopic (exact) mass is 219 g/mol. The van der Waals surface area contributed by atoms with Gasteiger partial charge in [-0.1, -0.05) is 12.1 Å². The summed E-state index contributed by atoms with van der Waals surface area (Å²) in [4.78, 5) is 15.3. The molecule has 0 aromatic heterocycles. The summed E-state index contributed by atoms with van der Waals surface area (Å²) in [5.41, 5.74) is 7.68. The Kier molecular flexibility index (Phi) is 3.10. The summed E-state index contributed by atoms with van der Waals surface area (Å²) >= 11 is 0. The summed E-state index contributed by atoms with van der Waals surface area (Å²) in [7, 11) is 1.83. The van der Waals surface area contributed by atoms with Gasteiger partial charge in [0.25, 0.3) is 0 Å². The average molecular weight is 219 g/mol. The van der Waals surface area contributed by atoms with E-state index in [4.69, 9.17) is 5.73 Å². The lowest BCUT2D eigenvalue weighted by Gasteiger charge is -2.16. The lowest BCUT2D eigenvalue weighted by atomic mass is 10.1. The maximum absolute atomic E-state index is 11.8. The van der Waals surface area contributed by atoms with E-state index in [9.17, 15) is 4.79 Å². The van der Waals surface area contributed by atoms with Gasteiger partial charge in [0, 0.05) is 25.8 Å². The second kappa shape index (κ2) is 4.53. The largest absolute Gasteiger partial charge is 0.330 e. The molecule has 16 heavy (non-hydrogen) atoms. The Bertz CT molecular complexity index is 392. The molecule has 0 bridgehead atoms. The lowest BCUT2D eigenvalue weighted by Crippen LogP contribution is -2.29. The number of likely N-dealkylation sites (N-methyl/N-ethyl adjacent to an activating group) is 1. The molecular formula is C12H17N3O. The average Bonchev–Trinajstić information content (AvgIpc) is 2.61. The number of hydrogen-bond acceptors (Lipinski definition) is 2. The first-order chi connectivity index (χ1) is 7.72. The van der Waals surface area contributed by atoms with E-state index < -0.39 is 0 Å². The van der Waals surface area contributed by atoms with Crippen LogP contribution in [0.15, 0.2) is 24.3 Å². The van der Waals surface area contributed by atoms with E-state index in [1.165, 1.54) is 5.56 Å². The zero-order valence-corrected chi connectivity index (χ0v) is 9.52. The van der Waals surface area contributed by atoms with Crippen molar-refractivity contribution in [1.82, 2.24) is 4.90 Å². The highest BCUT2D eigenvalue weighted by molar-refractivity contribution is 5.93. The zero-order chi connectivity index (χ0) is 11.5. The number of carbonyl (C=O) groups is 1. The first-order valence-electron chi connectivity index (χ1n) is 5.54. The molecule has 1 fully saturated rings. The van der Waals surface area contributed by atoms with Gasteiger partial charge in [-0.3, -0.25) is 4.90 Å². The molecule has 1 aliphatic rings. The van der Waals surface area contributed by atoms with Crippen LogP contribution in [0.1, 0.15) is 5.56 Å². The third kappa shape index (κ3) is 2.02. The van der Waals surface area contributed by atoms with Gasteiger partial charge < -0.3 is 10.6 Å². The number of carbonyl (C=O) groups excluding carboxylic acids is 1. The molecule has 1 saturated heterocycles. The zero-order valence-electron chi connectivity index (χ0n) is 9.52. The van der Waals surface area contributed by atoms with Crippen molar-refractivity contribution >= 4 is 11.7 Å². The van der Waals surface area contributed by atoms with Crippen molar-refractivity contribution in [2.75, 3.05) is 31.6 Å². The van der Waals surface area contributed by atoms with E-state index in [0.29, 0.717) is 6.54 Å². The Hall–Kier alpha value is -1.55. The van der Waals surface area contributed by atoms with Crippen LogP contribution in [0.3, 0.4) is 0 Å². The van der Waals surface area contributed by atoms with Gasteiger partial charge in [-0.25, -0.2) is 4.79 Å². The van der Waals surface area contributed by atoms with Crippen LogP contribution in [0.25, 0.3) is 0 Å². The van der Waals surface area contributed by atoms with Crippen LogP contribution in [-0.2, 0) is 6.42 Å². The summed E-state index contributed by atoms with van der Waals surface area (Å²) in [6.45, 7) is 2.19. The number of nitrogens with zero attached hydrogens (tertiary/aromatic N) is 2. The summed E-state index contributed by atoms with van der Waals surface area (Å²) in [5.74, 6) is 0. The number of urea groups is 1. The van der Waals surface area contributed by atoms with Gasteiger partial charge in [-0.05, 0) is 30.7 Å². The molecule has 0 atom stereocenters. The molecule has 1 aliphatic heterocycles. The van der Waals surface area contributed by atoms with E-state index in [1.807, 2.05) is 31.3 Å². The number of anilines is 1.